The van der Waals surface area contributed by atoms with Crippen molar-refractivity contribution in [3.05, 3.63) is 12.7 Å². The van der Waals surface area contributed by atoms with Crippen LogP contribution in [0.2, 0.25) is 0 Å². The molecule has 0 bridgehead atoms. The summed E-state index contributed by atoms with van der Waals surface area (Å²) in [6, 6.07) is 0. The first-order chi connectivity index (χ1) is 5.93. The number of carbonyl (C=O) groups excluding carboxylic acids is 1. The van der Waals surface area contributed by atoms with E-state index in [-0.39, 0.29) is 6.10 Å². The van der Waals surface area contributed by atoms with Crippen LogP contribution in [0, 0.1) is 0 Å². The predicted molar refractivity (Wildman–Crippen MR) is 49.1 cm³/mol. The van der Waals surface area contributed by atoms with E-state index in [1.807, 2.05) is 6.92 Å². The molecule has 2 N–H and O–H groups in total. The minimum Gasteiger partial charge on any atom is -0.750 e. The van der Waals surface area contributed by atoms with E-state index in [0.29, 0.717) is 6.42 Å². The van der Waals surface area contributed by atoms with Gasteiger partial charge in [-0.15, -0.1) is 0 Å². The molecule has 0 aromatic heterocycles. The van der Waals surface area contributed by atoms with Crippen molar-refractivity contribution in [2.75, 3.05) is 0 Å². The van der Waals surface area contributed by atoms with Crippen LogP contribution < -0.4 is 5.73 Å². The average Bonchev–Trinajstić information content (AvgIpc) is 2.04. The largest absolute Gasteiger partial charge is 0.750 e. The van der Waals surface area contributed by atoms with Crippen LogP contribution in [-0.4, -0.2) is 20.8 Å². The molecular weight excluding hydrogens is 194 g/mol. The molecule has 0 saturated carbocycles. The second kappa shape index (κ2) is 9.37. The Morgan fingerprint density at radius 3 is 2.31 bits per heavy atom. The van der Waals surface area contributed by atoms with Gasteiger partial charge in [0, 0.05) is 0 Å². The Bertz CT molecular complexity index is 183. The number of hydrogen-bond acceptors (Lipinski definition) is 4. The van der Waals surface area contributed by atoms with Gasteiger partial charge in [0.05, 0.1) is 17.5 Å². The van der Waals surface area contributed by atoms with Gasteiger partial charge in [-0.3, -0.25) is 8.98 Å². The van der Waals surface area contributed by atoms with Crippen LogP contribution in [-0.2, 0) is 20.3 Å². The number of nitrogens with two attached hydrogens (primary N) is 1. The molecule has 0 aliphatic rings. The SMILES string of the molecule is C=CC(N)=O.CCC(C)OS(=O)[O-]. The topological polar surface area (TPSA) is 92.5 Å². The van der Waals surface area contributed by atoms with E-state index in [9.17, 15) is 13.6 Å². The lowest BCUT2D eigenvalue weighted by Crippen LogP contribution is -2.07. The Balaban J connectivity index is 0. The fourth-order valence-corrected chi connectivity index (χ4v) is 0.606. The fourth-order valence-electron chi connectivity index (χ4n) is 0.202. The molecule has 0 radical (unpaired) electrons. The standard InChI is InChI=1S/C4H10O3S.C3H5NO/c1-3-4(2)7-8(5)6;1-2-3(4)5/h4H,3H2,1-2H3,(H,5,6);2H,1H2,(H2,4,5)/p-1. The smallest absolute Gasteiger partial charge is 0.240 e. The van der Waals surface area contributed by atoms with Crippen LogP contribution in [0.4, 0.5) is 0 Å². The van der Waals surface area contributed by atoms with Gasteiger partial charge < -0.3 is 10.3 Å². The van der Waals surface area contributed by atoms with E-state index >= 15 is 0 Å². The molecule has 2 unspecified atom stereocenters. The molecule has 0 aromatic rings. The normalized spacial score (nSPS) is 13.5. The molecule has 0 fully saturated rings. The van der Waals surface area contributed by atoms with Crippen molar-refractivity contribution in [3.63, 3.8) is 0 Å². The summed E-state index contributed by atoms with van der Waals surface area (Å²) in [5, 5.41) is 0. The van der Waals surface area contributed by atoms with Crippen molar-refractivity contribution in [3.8, 4) is 0 Å². The number of primary amides is 1. The van der Waals surface area contributed by atoms with Crippen LogP contribution in [0.25, 0.3) is 0 Å². The Kier molecular flexibility index (Phi) is 10.7. The first kappa shape index (κ1) is 14.8. The quantitative estimate of drug-likeness (QED) is 0.529. The molecular formula is C7H14NO4S-. The Hall–Kier alpha value is -0.720. The van der Waals surface area contributed by atoms with Gasteiger partial charge in [0.2, 0.25) is 5.91 Å². The number of carbonyl (C=O) groups is 1. The summed E-state index contributed by atoms with van der Waals surface area (Å²) >= 11 is -2.35. The maximum absolute atomic E-state index is 9.75. The average molecular weight is 208 g/mol. The van der Waals surface area contributed by atoms with Crippen molar-refractivity contribution >= 4 is 17.3 Å². The van der Waals surface area contributed by atoms with Gasteiger partial charge >= 0.3 is 0 Å². The molecule has 5 nitrogen and oxygen atoms in total. The van der Waals surface area contributed by atoms with Crippen LogP contribution in [0.5, 0.6) is 0 Å². The molecule has 0 rings (SSSR count). The monoisotopic (exact) mass is 208 g/mol. The summed E-state index contributed by atoms with van der Waals surface area (Å²) in [7, 11) is 0. The van der Waals surface area contributed by atoms with Crippen LogP contribution in [0.3, 0.4) is 0 Å². The third-order valence-corrected chi connectivity index (χ3v) is 1.50. The summed E-state index contributed by atoms with van der Waals surface area (Å²) in [6.07, 6.45) is 1.59. The zero-order chi connectivity index (χ0) is 10.9. The van der Waals surface area contributed by atoms with Crippen LogP contribution >= 0.6 is 0 Å². The van der Waals surface area contributed by atoms with Gasteiger partial charge in [-0.25, -0.2) is 4.21 Å². The van der Waals surface area contributed by atoms with Gasteiger partial charge in [0.1, 0.15) is 0 Å². The van der Waals surface area contributed by atoms with Crippen molar-refractivity contribution in [1.82, 2.24) is 0 Å². The van der Waals surface area contributed by atoms with Gasteiger partial charge in [0.25, 0.3) is 0 Å². The molecule has 0 aromatic carbocycles. The van der Waals surface area contributed by atoms with Gasteiger partial charge in [-0.05, 0) is 19.4 Å². The number of hydrogen-bond donors (Lipinski definition) is 1. The molecule has 0 saturated heterocycles. The lowest BCUT2D eigenvalue weighted by atomic mass is 10.3. The second-order valence-corrected chi connectivity index (χ2v) is 2.73. The zero-order valence-electron chi connectivity index (χ0n) is 7.69. The van der Waals surface area contributed by atoms with E-state index in [1.54, 1.807) is 6.92 Å². The Morgan fingerprint density at radius 2 is 2.23 bits per heavy atom. The zero-order valence-corrected chi connectivity index (χ0v) is 8.50. The predicted octanol–water partition coefficient (Wildman–Crippen LogP) is 0.253. The minimum atomic E-state index is -2.35. The molecule has 78 valence electrons. The maximum Gasteiger partial charge on any atom is 0.240 e. The highest BCUT2D eigenvalue weighted by atomic mass is 32.2. The van der Waals surface area contributed by atoms with Crippen molar-refractivity contribution in [2.24, 2.45) is 5.73 Å². The van der Waals surface area contributed by atoms with Crippen LogP contribution in [0.1, 0.15) is 20.3 Å². The van der Waals surface area contributed by atoms with Crippen molar-refractivity contribution < 1.29 is 17.7 Å². The summed E-state index contributed by atoms with van der Waals surface area (Å²) in [4.78, 5) is 9.47. The number of rotatable bonds is 4. The van der Waals surface area contributed by atoms with Gasteiger partial charge in [-0.1, -0.05) is 13.5 Å². The summed E-state index contributed by atoms with van der Waals surface area (Å²) in [6.45, 7) is 6.65. The second-order valence-electron chi connectivity index (χ2n) is 2.13. The highest BCUT2D eigenvalue weighted by molar-refractivity contribution is 7.74. The highest BCUT2D eigenvalue weighted by Crippen LogP contribution is 1.95. The summed E-state index contributed by atoms with van der Waals surface area (Å²) < 4.78 is 23.8. The van der Waals surface area contributed by atoms with Crippen LogP contribution in [0.15, 0.2) is 12.7 Å². The third kappa shape index (κ3) is 18.3. The summed E-state index contributed by atoms with van der Waals surface area (Å²) in [5.41, 5.74) is 4.53. The molecule has 0 spiro atoms. The summed E-state index contributed by atoms with van der Waals surface area (Å²) in [5.74, 6) is -0.481. The van der Waals surface area contributed by atoms with E-state index in [2.05, 4.69) is 16.5 Å². The van der Waals surface area contributed by atoms with E-state index < -0.39 is 17.3 Å². The molecule has 0 aliphatic heterocycles. The minimum absolute atomic E-state index is 0.187. The van der Waals surface area contributed by atoms with E-state index in [4.69, 9.17) is 0 Å². The molecule has 0 heterocycles. The van der Waals surface area contributed by atoms with Gasteiger partial charge in [-0.2, -0.15) is 0 Å². The maximum atomic E-state index is 9.75. The third-order valence-electron chi connectivity index (χ3n) is 1.02. The molecule has 0 aliphatic carbocycles. The first-order valence-corrected chi connectivity index (χ1v) is 4.62. The van der Waals surface area contributed by atoms with E-state index in [0.717, 1.165) is 6.08 Å². The van der Waals surface area contributed by atoms with Gasteiger partial charge in [0.15, 0.2) is 0 Å². The Morgan fingerprint density at radius 1 is 1.85 bits per heavy atom. The lowest BCUT2D eigenvalue weighted by Gasteiger charge is -2.10. The molecule has 6 heteroatoms. The molecule has 13 heavy (non-hydrogen) atoms. The fraction of sp³-hybridized carbons (Fsp3) is 0.571. The highest BCUT2D eigenvalue weighted by Gasteiger charge is 1.95. The number of amides is 1. The first-order valence-electron chi connectivity index (χ1n) is 3.62. The van der Waals surface area contributed by atoms with E-state index in [1.165, 1.54) is 0 Å². The van der Waals surface area contributed by atoms with Crippen molar-refractivity contribution in [1.29, 1.82) is 0 Å². The Labute approximate surface area is 80.4 Å². The molecule has 2 atom stereocenters. The lowest BCUT2D eigenvalue weighted by molar-refractivity contribution is -0.113. The van der Waals surface area contributed by atoms with Crippen molar-refractivity contribution in [2.45, 2.75) is 26.4 Å². The molecule has 1 amide bonds.